The molecular formula is C16H20O4S. The molecule has 0 heterocycles. The molecule has 2 aliphatic carbocycles. The first kappa shape index (κ1) is 14.6. The topological polar surface area (TPSA) is 71.4 Å². The smallest absolute Gasteiger partial charge is 0.304 e. The molecule has 21 heavy (non-hydrogen) atoms. The average Bonchev–Trinajstić information content (AvgIpc) is 3.26. The zero-order valence-electron chi connectivity index (χ0n) is 12.1. The van der Waals surface area contributed by atoms with Crippen LogP contribution in [0.3, 0.4) is 0 Å². The standard InChI is InChI=1S/C16H20O4S/c1-21(19,20)11-16(8-9-16)13-4-2-12(3-5-13)15(6-7-15)10-14(17)18/h2-5H,6-11H2,1H3,(H,17,18). The molecule has 5 heteroatoms. The number of benzene rings is 1. The third kappa shape index (κ3) is 2.98. The lowest BCUT2D eigenvalue weighted by Gasteiger charge is -2.17. The first-order valence-corrected chi connectivity index (χ1v) is 9.31. The maximum atomic E-state index is 11.6. The highest BCUT2D eigenvalue weighted by molar-refractivity contribution is 7.90. The Morgan fingerprint density at radius 3 is 1.81 bits per heavy atom. The quantitative estimate of drug-likeness (QED) is 0.875. The molecule has 2 saturated carbocycles. The number of rotatable bonds is 6. The Balaban J connectivity index is 1.81. The lowest BCUT2D eigenvalue weighted by Crippen LogP contribution is -2.20. The minimum absolute atomic E-state index is 0.181. The summed E-state index contributed by atoms with van der Waals surface area (Å²) in [6.45, 7) is 0. The summed E-state index contributed by atoms with van der Waals surface area (Å²) in [6, 6.07) is 7.98. The van der Waals surface area contributed by atoms with E-state index < -0.39 is 15.8 Å². The Hall–Kier alpha value is -1.36. The van der Waals surface area contributed by atoms with E-state index in [0.717, 1.165) is 36.8 Å². The van der Waals surface area contributed by atoms with Gasteiger partial charge in [0.15, 0.2) is 0 Å². The van der Waals surface area contributed by atoms with Crippen LogP contribution in [-0.4, -0.2) is 31.5 Å². The molecule has 0 unspecified atom stereocenters. The number of hydrogen-bond acceptors (Lipinski definition) is 3. The Kier molecular flexibility index (Phi) is 3.17. The molecule has 1 aromatic carbocycles. The number of carboxylic acids is 1. The molecule has 4 nitrogen and oxygen atoms in total. The van der Waals surface area contributed by atoms with Crippen molar-refractivity contribution < 1.29 is 18.3 Å². The van der Waals surface area contributed by atoms with Gasteiger partial charge in [-0.2, -0.15) is 0 Å². The molecule has 1 aromatic rings. The van der Waals surface area contributed by atoms with E-state index >= 15 is 0 Å². The number of sulfone groups is 1. The summed E-state index contributed by atoms with van der Waals surface area (Å²) in [5.74, 6) is -0.549. The summed E-state index contributed by atoms with van der Waals surface area (Å²) in [4.78, 5) is 11.0. The second-order valence-electron chi connectivity index (χ2n) is 6.78. The molecule has 0 saturated heterocycles. The SMILES string of the molecule is CS(=O)(=O)CC1(c2ccc(C3(CC(=O)O)CC3)cc2)CC1. The predicted octanol–water partition coefficient (Wildman–Crippen LogP) is 2.27. The van der Waals surface area contributed by atoms with Crippen molar-refractivity contribution in [3.8, 4) is 0 Å². The van der Waals surface area contributed by atoms with Crippen LogP contribution in [0.2, 0.25) is 0 Å². The third-order valence-electron chi connectivity index (χ3n) is 4.84. The normalized spacial score (nSPS) is 21.8. The van der Waals surface area contributed by atoms with E-state index in [0.29, 0.717) is 0 Å². The van der Waals surface area contributed by atoms with Crippen molar-refractivity contribution in [2.24, 2.45) is 0 Å². The zero-order chi connectivity index (χ0) is 15.3. The van der Waals surface area contributed by atoms with Gasteiger partial charge in [-0.15, -0.1) is 0 Å². The van der Waals surface area contributed by atoms with Crippen LogP contribution in [0.15, 0.2) is 24.3 Å². The summed E-state index contributed by atoms with van der Waals surface area (Å²) in [5, 5.41) is 9.01. The summed E-state index contributed by atoms with van der Waals surface area (Å²) in [7, 11) is -2.99. The fourth-order valence-corrected chi connectivity index (χ4v) is 4.81. The molecule has 0 aromatic heterocycles. The van der Waals surface area contributed by atoms with E-state index in [-0.39, 0.29) is 23.0 Å². The monoisotopic (exact) mass is 308 g/mol. The van der Waals surface area contributed by atoms with E-state index in [1.54, 1.807) is 0 Å². The number of carbonyl (C=O) groups is 1. The van der Waals surface area contributed by atoms with E-state index in [1.807, 2.05) is 24.3 Å². The van der Waals surface area contributed by atoms with Gasteiger partial charge in [0.25, 0.3) is 0 Å². The average molecular weight is 308 g/mol. The van der Waals surface area contributed by atoms with Gasteiger partial charge in [0.1, 0.15) is 9.84 Å². The second kappa shape index (κ2) is 4.57. The van der Waals surface area contributed by atoms with Gasteiger partial charge in [0, 0.05) is 17.1 Å². The zero-order valence-corrected chi connectivity index (χ0v) is 12.9. The second-order valence-corrected chi connectivity index (χ2v) is 8.92. The largest absolute Gasteiger partial charge is 0.481 e. The van der Waals surface area contributed by atoms with Crippen LogP contribution < -0.4 is 0 Å². The van der Waals surface area contributed by atoms with Gasteiger partial charge in [-0.3, -0.25) is 4.79 Å². The highest BCUT2D eigenvalue weighted by Crippen LogP contribution is 2.53. The van der Waals surface area contributed by atoms with Crippen molar-refractivity contribution in [3.05, 3.63) is 35.4 Å². The summed E-state index contributed by atoms with van der Waals surface area (Å²) in [5.41, 5.74) is 1.76. The van der Waals surface area contributed by atoms with Crippen LogP contribution in [0, 0.1) is 0 Å². The molecule has 0 spiro atoms. The van der Waals surface area contributed by atoms with Crippen LogP contribution in [-0.2, 0) is 25.5 Å². The van der Waals surface area contributed by atoms with E-state index in [1.165, 1.54) is 6.26 Å². The molecule has 0 bridgehead atoms. The highest BCUT2D eigenvalue weighted by Gasteiger charge is 2.48. The van der Waals surface area contributed by atoms with E-state index in [2.05, 4.69) is 0 Å². The molecule has 0 radical (unpaired) electrons. The molecule has 1 N–H and O–H groups in total. The van der Waals surface area contributed by atoms with Crippen LogP contribution in [0.4, 0.5) is 0 Å². The van der Waals surface area contributed by atoms with Crippen molar-refractivity contribution in [2.45, 2.75) is 42.9 Å². The third-order valence-corrected chi connectivity index (χ3v) is 5.92. The Labute approximate surface area is 125 Å². The number of carboxylic acid groups (broad SMARTS) is 1. The van der Waals surface area contributed by atoms with E-state index in [4.69, 9.17) is 5.11 Å². The van der Waals surface area contributed by atoms with Gasteiger partial charge in [-0.1, -0.05) is 24.3 Å². The molecule has 0 atom stereocenters. The van der Waals surface area contributed by atoms with Crippen molar-refractivity contribution in [1.29, 1.82) is 0 Å². The first-order chi connectivity index (χ1) is 9.75. The molecule has 114 valence electrons. The minimum Gasteiger partial charge on any atom is -0.481 e. The van der Waals surface area contributed by atoms with Crippen molar-refractivity contribution in [2.75, 3.05) is 12.0 Å². The van der Waals surface area contributed by atoms with Gasteiger partial charge in [-0.05, 0) is 36.8 Å². The molecule has 3 rings (SSSR count). The van der Waals surface area contributed by atoms with Crippen molar-refractivity contribution >= 4 is 15.8 Å². The fraction of sp³-hybridized carbons (Fsp3) is 0.562. The molecule has 2 fully saturated rings. The predicted molar refractivity (Wildman–Crippen MR) is 80.2 cm³/mol. The first-order valence-electron chi connectivity index (χ1n) is 7.25. The maximum Gasteiger partial charge on any atom is 0.304 e. The van der Waals surface area contributed by atoms with Crippen molar-refractivity contribution in [3.63, 3.8) is 0 Å². The maximum absolute atomic E-state index is 11.6. The highest BCUT2D eigenvalue weighted by atomic mass is 32.2. The molecule has 0 amide bonds. The van der Waals surface area contributed by atoms with Crippen LogP contribution >= 0.6 is 0 Å². The van der Waals surface area contributed by atoms with E-state index in [9.17, 15) is 13.2 Å². The van der Waals surface area contributed by atoms with Crippen LogP contribution in [0.5, 0.6) is 0 Å². The number of hydrogen-bond donors (Lipinski definition) is 1. The summed E-state index contributed by atoms with van der Waals surface area (Å²) < 4.78 is 23.1. The number of aliphatic carboxylic acids is 1. The van der Waals surface area contributed by atoms with Crippen LogP contribution in [0.25, 0.3) is 0 Å². The lowest BCUT2D eigenvalue weighted by atomic mass is 9.89. The minimum atomic E-state index is -2.99. The lowest BCUT2D eigenvalue weighted by molar-refractivity contribution is -0.137. The summed E-state index contributed by atoms with van der Waals surface area (Å²) in [6.07, 6.45) is 5.15. The van der Waals surface area contributed by atoms with Gasteiger partial charge >= 0.3 is 5.97 Å². The van der Waals surface area contributed by atoms with Crippen molar-refractivity contribution in [1.82, 2.24) is 0 Å². The molecule has 2 aliphatic rings. The Morgan fingerprint density at radius 2 is 1.48 bits per heavy atom. The molecular weight excluding hydrogens is 288 g/mol. The van der Waals surface area contributed by atoms with Gasteiger partial charge in [-0.25, -0.2) is 8.42 Å². The Bertz CT molecular complexity index is 665. The van der Waals surface area contributed by atoms with Gasteiger partial charge in [0.05, 0.1) is 12.2 Å². The molecule has 0 aliphatic heterocycles. The van der Waals surface area contributed by atoms with Gasteiger partial charge < -0.3 is 5.11 Å². The van der Waals surface area contributed by atoms with Gasteiger partial charge in [0.2, 0.25) is 0 Å². The fourth-order valence-electron chi connectivity index (χ4n) is 3.35. The van der Waals surface area contributed by atoms with Crippen LogP contribution in [0.1, 0.15) is 43.2 Å². The Morgan fingerprint density at radius 1 is 1.05 bits per heavy atom. The summed E-state index contributed by atoms with van der Waals surface area (Å²) >= 11 is 0.